The summed E-state index contributed by atoms with van der Waals surface area (Å²) >= 11 is 0. The fourth-order valence-corrected chi connectivity index (χ4v) is 1.93. The molecule has 134 valence electrons. The Bertz CT molecular complexity index is 894. The van der Waals surface area contributed by atoms with Crippen molar-refractivity contribution in [3.05, 3.63) is 67.8 Å². The molecule has 11 heteroatoms. The van der Waals surface area contributed by atoms with E-state index in [1.807, 2.05) is 0 Å². The number of nitro benzene ring substituents is 2. The fourth-order valence-electron chi connectivity index (χ4n) is 1.93. The van der Waals surface area contributed by atoms with E-state index in [1.165, 1.54) is 37.4 Å². The molecule has 0 saturated carbocycles. The Kier molecular flexibility index (Phi) is 5.43. The number of benzene rings is 2. The third-order valence-electron chi connectivity index (χ3n) is 3.19. The number of non-ortho nitro benzene ring substituents is 1. The minimum atomic E-state index is -0.871. The Morgan fingerprint density at radius 3 is 2.35 bits per heavy atom. The van der Waals surface area contributed by atoms with Gasteiger partial charge in [0.15, 0.2) is 0 Å². The molecular formula is C15H11N4O7-. The largest absolute Gasteiger partial charge is 0.865 e. The smallest absolute Gasteiger partial charge is 0.271 e. The van der Waals surface area contributed by atoms with E-state index in [4.69, 9.17) is 4.74 Å². The highest BCUT2D eigenvalue weighted by molar-refractivity contribution is 5.95. The van der Waals surface area contributed by atoms with Crippen LogP contribution in [0.5, 0.6) is 11.5 Å². The average Bonchev–Trinajstić information content (AvgIpc) is 2.62. The number of methoxy groups -OCH3 is 1. The van der Waals surface area contributed by atoms with Crippen LogP contribution in [0.3, 0.4) is 0 Å². The predicted octanol–water partition coefficient (Wildman–Crippen LogP) is 1.35. The highest BCUT2D eigenvalue weighted by atomic mass is 16.6. The van der Waals surface area contributed by atoms with Crippen LogP contribution in [0, 0.1) is 20.2 Å². The van der Waals surface area contributed by atoms with Gasteiger partial charge in [-0.15, -0.1) is 0 Å². The average molecular weight is 359 g/mol. The summed E-state index contributed by atoms with van der Waals surface area (Å²) in [5.41, 5.74) is 1.61. The quantitative estimate of drug-likeness (QED) is 0.462. The number of carbonyl (C=O) groups is 1. The van der Waals surface area contributed by atoms with E-state index in [0.717, 1.165) is 12.3 Å². The van der Waals surface area contributed by atoms with Crippen LogP contribution in [0.4, 0.5) is 11.4 Å². The van der Waals surface area contributed by atoms with Gasteiger partial charge in [0.05, 0.1) is 23.2 Å². The Morgan fingerprint density at radius 1 is 1.15 bits per heavy atom. The van der Waals surface area contributed by atoms with Crippen molar-refractivity contribution in [2.24, 2.45) is 5.10 Å². The zero-order valence-electron chi connectivity index (χ0n) is 13.2. The van der Waals surface area contributed by atoms with Crippen LogP contribution in [0.25, 0.3) is 0 Å². The van der Waals surface area contributed by atoms with Crippen LogP contribution in [0.1, 0.15) is 15.9 Å². The van der Waals surface area contributed by atoms with E-state index >= 15 is 0 Å². The molecule has 0 unspecified atom stereocenters. The Morgan fingerprint density at radius 2 is 1.81 bits per heavy atom. The molecular weight excluding hydrogens is 348 g/mol. The molecule has 0 heterocycles. The van der Waals surface area contributed by atoms with Gasteiger partial charge in [-0.25, -0.2) is 5.43 Å². The van der Waals surface area contributed by atoms with Gasteiger partial charge < -0.3 is 9.84 Å². The molecule has 26 heavy (non-hydrogen) atoms. The van der Waals surface area contributed by atoms with Gasteiger partial charge >= 0.3 is 0 Å². The molecule has 2 rings (SSSR count). The van der Waals surface area contributed by atoms with Crippen molar-refractivity contribution in [2.75, 3.05) is 7.11 Å². The molecule has 0 aliphatic heterocycles. The molecule has 0 aromatic heterocycles. The maximum atomic E-state index is 11.9. The van der Waals surface area contributed by atoms with Crippen LogP contribution in [0.2, 0.25) is 0 Å². The lowest BCUT2D eigenvalue weighted by Crippen LogP contribution is -2.17. The first-order chi connectivity index (χ1) is 12.3. The van der Waals surface area contributed by atoms with E-state index in [-0.39, 0.29) is 22.6 Å². The molecule has 0 aliphatic rings. The predicted molar refractivity (Wildman–Crippen MR) is 87.3 cm³/mol. The SMILES string of the molecule is COc1cc(/C=N/NC(=O)c2ccc([N+](=O)[O-])cc2)cc([N+](=O)[O-])c1[O-]. The van der Waals surface area contributed by atoms with E-state index < -0.39 is 27.2 Å². The second kappa shape index (κ2) is 7.70. The summed E-state index contributed by atoms with van der Waals surface area (Å²) < 4.78 is 4.78. The summed E-state index contributed by atoms with van der Waals surface area (Å²) in [7, 11) is 1.19. The minimum Gasteiger partial charge on any atom is -0.865 e. The summed E-state index contributed by atoms with van der Waals surface area (Å²) in [6, 6.07) is 7.06. The number of nitro groups is 2. The summed E-state index contributed by atoms with van der Waals surface area (Å²) in [6.45, 7) is 0. The lowest BCUT2D eigenvalue weighted by molar-refractivity contribution is -0.398. The lowest BCUT2D eigenvalue weighted by Gasteiger charge is -2.12. The summed E-state index contributed by atoms with van der Waals surface area (Å²) in [6.07, 6.45) is 1.10. The van der Waals surface area contributed by atoms with Gasteiger partial charge in [-0.3, -0.25) is 25.0 Å². The molecule has 0 fully saturated rings. The zero-order chi connectivity index (χ0) is 19.3. The van der Waals surface area contributed by atoms with Crippen molar-refractivity contribution >= 4 is 23.5 Å². The standard InChI is InChI=1S/C15H12N4O7/c1-26-13-7-9(6-12(14(13)20)19(24)25)8-16-17-15(21)10-2-4-11(5-3-10)18(22)23/h2-8,20H,1H3,(H,17,21)/p-1/b16-8+. The highest BCUT2D eigenvalue weighted by Crippen LogP contribution is 2.33. The molecule has 2 aromatic rings. The van der Waals surface area contributed by atoms with Gasteiger partial charge in [0.2, 0.25) is 0 Å². The van der Waals surface area contributed by atoms with Gasteiger partial charge in [-0.2, -0.15) is 5.10 Å². The first kappa shape index (κ1) is 18.3. The number of carbonyl (C=O) groups excluding carboxylic acids is 1. The van der Waals surface area contributed by atoms with Crippen molar-refractivity contribution < 1.29 is 24.5 Å². The normalized spacial score (nSPS) is 10.5. The third-order valence-corrected chi connectivity index (χ3v) is 3.19. The Balaban J connectivity index is 2.14. The number of hydrogen-bond acceptors (Lipinski definition) is 8. The molecule has 11 nitrogen and oxygen atoms in total. The van der Waals surface area contributed by atoms with Gasteiger partial charge in [-0.05, 0) is 18.2 Å². The van der Waals surface area contributed by atoms with Crippen LogP contribution in [-0.4, -0.2) is 29.1 Å². The lowest BCUT2D eigenvalue weighted by atomic mass is 10.2. The molecule has 0 bridgehead atoms. The first-order valence-corrected chi connectivity index (χ1v) is 6.94. The van der Waals surface area contributed by atoms with Gasteiger partial charge in [0, 0.05) is 35.1 Å². The summed E-state index contributed by atoms with van der Waals surface area (Å²) in [4.78, 5) is 31.9. The Hall–Kier alpha value is -4.02. The van der Waals surface area contributed by atoms with Crippen molar-refractivity contribution in [2.45, 2.75) is 0 Å². The van der Waals surface area contributed by atoms with Crippen LogP contribution >= 0.6 is 0 Å². The highest BCUT2D eigenvalue weighted by Gasteiger charge is 2.13. The van der Waals surface area contributed by atoms with Gasteiger partial charge in [0.25, 0.3) is 17.3 Å². The number of rotatable bonds is 6. The monoisotopic (exact) mass is 359 g/mol. The molecule has 1 N–H and O–H groups in total. The first-order valence-electron chi connectivity index (χ1n) is 6.94. The number of nitrogens with one attached hydrogen (secondary N) is 1. The van der Waals surface area contributed by atoms with Crippen LogP contribution < -0.4 is 15.3 Å². The Labute approximate surface area is 145 Å². The van der Waals surface area contributed by atoms with Crippen molar-refractivity contribution in [1.82, 2.24) is 5.43 Å². The van der Waals surface area contributed by atoms with Crippen LogP contribution in [0.15, 0.2) is 41.5 Å². The third kappa shape index (κ3) is 4.08. The number of amides is 1. The zero-order valence-corrected chi connectivity index (χ0v) is 13.2. The van der Waals surface area contributed by atoms with Crippen molar-refractivity contribution in [3.63, 3.8) is 0 Å². The maximum Gasteiger partial charge on any atom is 0.271 e. The number of hydrogen-bond donors (Lipinski definition) is 1. The minimum absolute atomic E-state index is 0.131. The second-order valence-electron chi connectivity index (χ2n) is 4.83. The molecule has 2 aromatic carbocycles. The van der Waals surface area contributed by atoms with Crippen LogP contribution in [-0.2, 0) is 0 Å². The molecule has 0 radical (unpaired) electrons. The maximum absolute atomic E-state index is 11.9. The fraction of sp³-hybridized carbons (Fsp3) is 0.0667. The molecule has 0 spiro atoms. The van der Waals surface area contributed by atoms with Crippen molar-refractivity contribution in [1.29, 1.82) is 0 Å². The number of nitrogens with zero attached hydrogens (tertiary/aromatic N) is 3. The topological polar surface area (TPSA) is 160 Å². The van der Waals surface area contributed by atoms with Gasteiger partial charge in [-0.1, -0.05) is 0 Å². The van der Waals surface area contributed by atoms with E-state index in [0.29, 0.717) is 0 Å². The second-order valence-corrected chi connectivity index (χ2v) is 4.83. The molecule has 0 atom stereocenters. The van der Waals surface area contributed by atoms with E-state index in [1.54, 1.807) is 0 Å². The molecule has 1 amide bonds. The number of ether oxygens (including phenoxy) is 1. The summed E-state index contributed by atoms with van der Waals surface area (Å²) in [5, 5.41) is 36.8. The van der Waals surface area contributed by atoms with Gasteiger partial charge in [0.1, 0.15) is 5.75 Å². The molecule has 0 saturated heterocycles. The molecule has 0 aliphatic carbocycles. The van der Waals surface area contributed by atoms with E-state index in [9.17, 15) is 30.1 Å². The van der Waals surface area contributed by atoms with E-state index in [2.05, 4.69) is 10.5 Å². The summed E-state index contributed by atoms with van der Waals surface area (Å²) in [5.74, 6) is -1.75. The number of hydrazone groups is 1. The van der Waals surface area contributed by atoms with Crippen molar-refractivity contribution in [3.8, 4) is 11.5 Å².